The molecule has 0 spiro atoms. The van der Waals surface area contributed by atoms with Gasteiger partial charge in [-0.05, 0) is 26.4 Å². The van der Waals surface area contributed by atoms with Crippen molar-refractivity contribution in [3.05, 3.63) is 0 Å². The van der Waals surface area contributed by atoms with Crippen LogP contribution in [0.5, 0.6) is 0 Å². The first kappa shape index (κ1) is 15.2. The Kier molecular flexibility index (Phi) is 7.93. The molecule has 0 fully saturated rings. The average Bonchev–Trinajstić information content (AvgIpc) is 2.12. The SMILES string of the molecule is CC(C)CC(CN(C)C)NC(=O)OCCO. The highest BCUT2D eigenvalue weighted by molar-refractivity contribution is 5.67. The number of nitrogens with zero attached hydrogens (tertiary/aromatic N) is 1. The van der Waals surface area contributed by atoms with Crippen LogP contribution in [0.25, 0.3) is 0 Å². The lowest BCUT2D eigenvalue weighted by Gasteiger charge is -2.23. The van der Waals surface area contributed by atoms with Crippen molar-refractivity contribution in [3.8, 4) is 0 Å². The molecule has 0 aliphatic heterocycles. The normalized spacial score (nSPS) is 12.9. The lowest BCUT2D eigenvalue weighted by atomic mass is 10.0. The molecule has 2 N–H and O–H groups in total. The van der Waals surface area contributed by atoms with Crippen molar-refractivity contribution in [3.63, 3.8) is 0 Å². The van der Waals surface area contributed by atoms with Crippen molar-refractivity contribution in [1.29, 1.82) is 0 Å². The molecular formula is C11H24N2O3. The van der Waals surface area contributed by atoms with Gasteiger partial charge in [0.2, 0.25) is 0 Å². The largest absolute Gasteiger partial charge is 0.447 e. The first-order valence-corrected chi connectivity index (χ1v) is 5.64. The molecule has 0 bridgehead atoms. The molecule has 0 saturated heterocycles. The van der Waals surface area contributed by atoms with E-state index in [1.54, 1.807) is 0 Å². The Bertz CT molecular complexity index is 186. The van der Waals surface area contributed by atoms with E-state index in [1.165, 1.54) is 0 Å². The molecule has 0 saturated carbocycles. The van der Waals surface area contributed by atoms with Crippen LogP contribution in [0, 0.1) is 5.92 Å². The number of rotatable bonds is 7. The lowest BCUT2D eigenvalue weighted by Crippen LogP contribution is -2.42. The maximum atomic E-state index is 11.3. The van der Waals surface area contributed by atoms with Crippen LogP contribution in [0.2, 0.25) is 0 Å². The zero-order valence-corrected chi connectivity index (χ0v) is 10.7. The van der Waals surface area contributed by atoms with E-state index in [2.05, 4.69) is 19.2 Å². The molecule has 0 aliphatic carbocycles. The molecule has 0 radical (unpaired) electrons. The van der Waals surface area contributed by atoms with Crippen molar-refractivity contribution < 1.29 is 14.6 Å². The van der Waals surface area contributed by atoms with Crippen LogP contribution in [0.1, 0.15) is 20.3 Å². The Morgan fingerprint density at radius 3 is 2.50 bits per heavy atom. The molecule has 1 atom stereocenters. The van der Waals surface area contributed by atoms with Crippen LogP contribution < -0.4 is 5.32 Å². The molecule has 0 aliphatic rings. The quantitative estimate of drug-likeness (QED) is 0.677. The van der Waals surface area contributed by atoms with Gasteiger partial charge in [0.15, 0.2) is 0 Å². The van der Waals surface area contributed by atoms with E-state index in [9.17, 15) is 4.79 Å². The molecular weight excluding hydrogens is 208 g/mol. The molecule has 0 heterocycles. The molecule has 5 heteroatoms. The predicted octanol–water partition coefficient (Wildman–Crippen LogP) is 0.681. The second-order valence-corrected chi connectivity index (χ2v) is 4.59. The van der Waals surface area contributed by atoms with Gasteiger partial charge in [-0.2, -0.15) is 0 Å². The van der Waals surface area contributed by atoms with Crippen LogP contribution in [0.15, 0.2) is 0 Å². The summed E-state index contributed by atoms with van der Waals surface area (Å²) >= 11 is 0. The smallest absolute Gasteiger partial charge is 0.407 e. The summed E-state index contributed by atoms with van der Waals surface area (Å²) in [6.07, 6.45) is 0.452. The summed E-state index contributed by atoms with van der Waals surface area (Å²) in [6.45, 7) is 4.91. The minimum absolute atomic E-state index is 0.0438. The Labute approximate surface area is 97.8 Å². The van der Waals surface area contributed by atoms with Gasteiger partial charge in [-0.3, -0.25) is 0 Å². The molecule has 0 rings (SSSR count). The van der Waals surface area contributed by atoms with E-state index >= 15 is 0 Å². The molecule has 16 heavy (non-hydrogen) atoms. The maximum Gasteiger partial charge on any atom is 0.407 e. The molecule has 1 unspecified atom stereocenters. The summed E-state index contributed by atoms with van der Waals surface area (Å²) in [5.74, 6) is 0.517. The number of nitrogens with one attached hydrogen (secondary N) is 1. The highest BCUT2D eigenvalue weighted by Crippen LogP contribution is 2.05. The lowest BCUT2D eigenvalue weighted by molar-refractivity contribution is 0.113. The van der Waals surface area contributed by atoms with E-state index in [-0.39, 0.29) is 19.3 Å². The summed E-state index contributed by atoms with van der Waals surface area (Å²) in [5.41, 5.74) is 0. The third-order valence-corrected chi connectivity index (χ3v) is 1.99. The molecule has 0 aromatic rings. The van der Waals surface area contributed by atoms with Gasteiger partial charge in [0, 0.05) is 12.6 Å². The number of aliphatic hydroxyl groups is 1. The van der Waals surface area contributed by atoms with Gasteiger partial charge in [0.1, 0.15) is 6.61 Å². The maximum absolute atomic E-state index is 11.3. The van der Waals surface area contributed by atoms with E-state index in [4.69, 9.17) is 9.84 Å². The number of hydrogen-bond donors (Lipinski definition) is 2. The molecule has 1 amide bonds. The number of aliphatic hydroxyl groups excluding tert-OH is 1. The molecule has 0 aromatic heterocycles. The van der Waals surface area contributed by atoms with Gasteiger partial charge < -0.3 is 20.1 Å². The Hall–Kier alpha value is -0.810. The van der Waals surface area contributed by atoms with Gasteiger partial charge in [-0.25, -0.2) is 4.79 Å². The summed E-state index contributed by atoms with van der Waals surface area (Å²) in [4.78, 5) is 13.3. The van der Waals surface area contributed by atoms with Crippen molar-refractivity contribution in [2.24, 2.45) is 5.92 Å². The third-order valence-electron chi connectivity index (χ3n) is 1.99. The van der Waals surface area contributed by atoms with E-state index in [0.717, 1.165) is 13.0 Å². The number of carbonyl (C=O) groups excluding carboxylic acids is 1. The van der Waals surface area contributed by atoms with E-state index < -0.39 is 6.09 Å². The first-order chi connectivity index (χ1) is 7.45. The van der Waals surface area contributed by atoms with Gasteiger partial charge in [0.05, 0.1) is 6.61 Å². The minimum Gasteiger partial charge on any atom is -0.447 e. The molecule has 96 valence electrons. The topological polar surface area (TPSA) is 61.8 Å². The fourth-order valence-corrected chi connectivity index (χ4v) is 1.54. The van der Waals surface area contributed by atoms with Crippen molar-refractivity contribution in [1.82, 2.24) is 10.2 Å². The molecule has 0 aromatic carbocycles. The van der Waals surface area contributed by atoms with Gasteiger partial charge in [-0.15, -0.1) is 0 Å². The predicted molar refractivity (Wildman–Crippen MR) is 63.4 cm³/mol. The van der Waals surface area contributed by atoms with E-state index in [1.807, 2.05) is 19.0 Å². The van der Waals surface area contributed by atoms with Crippen molar-refractivity contribution in [2.45, 2.75) is 26.3 Å². The van der Waals surface area contributed by atoms with Crippen LogP contribution in [0.3, 0.4) is 0 Å². The minimum atomic E-state index is -0.457. The van der Waals surface area contributed by atoms with Gasteiger partial charge in [-0.1, -0.05) is 13.8 Å². The highest BCUT2D eigenvalue weighted by atomic mass is 16.6. The summed E-state index contributed by atoms with van der Waals surface area (Å²) < 4.78 is 4.77. The number of carbonyl (C=O) groups is 1. The van der Waals surface area contributed by atoms with Crippen molar-refractivity contribution in [2.75, 3.05) is 33.9 Å². The highest BCUT2D eigenvalue weighted by Gasteiger charge is 2.15. The average molecular weight is 232 g/mol. The summed E-state index contributed by atoms with van der Waals surface area (Å²) in [7, 11) is 3.93. The summed E-state index contributed by atoms with van der Waals surface area (Å²) in [6, 6.07) is 0.0844. The van der Waals surface area contributed by atoms with Crippen LogP contribution in [0.4, 0.5) is 4.79 Å². The first-order valence-electron chi connectivity index (χ1n) is 5.64. The monoisotopic (exact) mass is 232 g/mol. The second-order valence-electron chi connectivity index (χ2n) is 4.59. The number of amides is 1. The van der Waals surface area contributed by atoms with E-state index in [0.29, 0.717) is 5.92 Å². The zero-order valence-electron chi connectivity index (χ0n) is 10.7. The Morgan fingerprint density at radius 1 is 1.44 bits per heavy atom. The number of ether oxygens (including phenoxy) is 1. The fourth-order valence-electron chi connectivity index (χ4n) is 1.54. The number of hydrogen-bond acceptors (Lipinski definition) is 4. The van der Waals surface area contributed by atoms with Crippen LogP contribution in [-0.4, -0.2) is 56.0 Å². The summed E-state index contributed by atoms with van der Waals surface area (Å²) in [5, 5.41) is 11.3. The second kappa shape index (κ2) is 8.35. The third kappa shape index (κ3) is 8.49. The van der Waals surface area contributed by atoms with Crippen molar-refractivity contribution >= 4 is 6.09 Å². The van der Waals surface area contributed by atoms with Gasteiger partial charge >= 0.3 is 6.09 Å². The number of alkyl carbamates (subject to hydrolysis) is 1. The molecule has 5 nitrogen and oxygen atoms in total. The standard InChI is InChI=1S/C11H24N2O3/c1-9(2)7-10(8-13(3)4)12-11(15)16-6-5-14/h9-10,14H,5-8H2,1-4H3,(H,12,15). The van der Waals surface area contributed by atoms with Gasteiger partial charge in [0.25, 0.3) is 0 Å². The zero-order chi connectivity index (χ0) is 12.6. The Morgan fingerprint density at radius 2 is 2.06 bits per heavy atom. The Balaban J connectivity index is 4.03. The fraction of sp³-hybridized carbons (Fsp3) is 0.909. The number of likely N-dealkylation sites (N-methyl/N-ethyl adjacent to an activating group) is 1. The van der Waals surface area contributed by atoms with Crippen LogP contribution >= 0.6 is 0 Å². The van der Waals surface area contributed by atoms with Crippen LogP contribution in [-0.2, 0) is 4.74 Å².